The second-order valence-corrected chi connectivity index (χ2v) is 4.53. The lowest BCUT2D eigenvalue weighted by Gasteiger charge is -2.01. The zero-order valence-corrected chi connectivity index (χ0v) is 8.52. The highest BCUT2D eigenvalue weighted by Crippen LogP contribution is 2.26. The standard InChI is InChI=1S/C9H13NO2S/c1-5(2)3-7-6(10)4-8(13-7)9(11)12/h4-5H,3,10H2,1-2H3,(H,11,12). The normalized spacial score (nSPS) is 10.7. The molecule has 0 spiro atoms. The van der Waals surface area contributed by atoms with E-state index in [1.807, 2.05) is 0 Å². The lowest BCUT2D eigenvalue weighted by Crippen LogP contribution is -1.94. The third kappa shape index (κ3) is 2.45. The summed E-state index contributed by atoms with van der Waals surface area (Å²) >= 11 is 1.27. The Morgan fingerprint density at radius 1 is 1.69 bits per heavy atom. The number of hydrogen-bond donors (Lipinski definition) is 2. The summed E-state index contributed by atoms with van der Waals surface area (Å²) in [6.07, 6.45) is 0.851. The Kier molecular flexibility index (Phi) is 2.93. The molecule has 0 aliphatic heterocycles. The number of carboxylic acids is 1. The van der Waals surface area contributed by atoms with Gasteiger partial charge in [0.15, 0.2) is 0 Å². The molecule has 13 heavy (non-hydrogen) atoms. The molecule has 0 saturated carbocycles. The number of nitrogens with two attached hydrogens (primary N) is 1. The van der Waals surface area contributed by atoms with Crippen LogP contribution in [-0.2, 0) is 6.42 Å². The summed E-state index contributed by atoms with van der Waals surface area (Å²) in [4.78, 5) is 11.9. The van der Waals surface area contributed by atoms with Crippen molar-refractivity contribution in [2.24, 2.45) is 5.92 Å². The molecule has 4 heteroatoms. The molecule has 0 amide bonds. The van der Waals surface area contributed by atoms with Crippen molar-refractivity contribution < 1.29 is 9.90 Å². The van der Waals surface area contributed by atoms with Crippen molar-refractivity contribution in [3.63, 3.8) is 0 Å². The zero-order chi connectivity index (χ0) is 10.0. The van der Waals surface area contributed by atoms with Crippen LogP contribution < -0.4 is 5.73 Å². The number of rotatable bonds is 3. The van der Waals surface area contributed by atoms with Gasteiger partial charge in [0.2, 0.25) is 0 Å². The van der Waals surface area contributed by atoms with Crippen molar-refractivity contribution in [2.45, 2.75) is 20.3 Å². The predicted octanol–water partition coefficient (Wildman–Crippen LogP) is 2.23. The smallest absolute Gasteiger partial charge is 0.345 e. The van der Waals surface area contributed by atoms with Crippen molar-refractivity contribution in [1.29, 1.82) is 0 Å². The molecule has 0 fully saturated rings. The minimum atomic E-state index is -0.897. The lowest BCUT2D eigenvalue weighted by atomic mass is 10.1. The van der Waals surface area contributed by atoms with Gasteiger partial charge in [-0.1, -0.05) is 13.8 Å². The van der Waals surface area contributed by atoms with Crippen LogP contribution in [-0.4, -0.2) is 11.1 Å². The van der Waals surface area contributed by atoms with E-state index < -0.39 is 5.97 Å². The molecule has 0 saturated heterocycles. The molecule has 0 bridgehead atoms. The van der Waals surface area contributed by atoms with E-state index in [2.05, 4.69) is 13.8 Å². The first-order valence-corrected chi connectivity index (χ1v) is 4.94. The maximum absolute atomic E-state index is 10.6. The van der Waals surface area contributed by atoms with Crippen molar-refractivity contribution in [3.8, 4) is 0 Å². The van der Waals surface area contributed by atoms with E-state index in [1.54, 1.807) is 0 Å². The fourth-order valence-corrected chi connectivity index (χ4v) is 2.21. The fraction of sp³-hybridized carbons (Fsp3) is 0.444. The third-order valence-electron chi connectivity index (χ3n) is 1.65. The summed E-state index contributed by atoms with van der Waals surface area (Å²) in [6.45, 7) is 4.17. The van der Waals surface area contributed by atoms with Gasteiger partial charge in [-0.3, -0.25) is 0 Å². The van der Waals surface area contributed by atoms with Gasteiger partial charge in [-0.15, -0.1) is 11.3 Å². The van der Waals surface area contributed by atoms with Crippen LogP contribution in [0.25, 0.3) is 0 Å². The highest BCUT2D eigenvalue weighted by atomic mass is 32.1. The topological polar surface area (TPSA) is 63.3 Å². The van der Waals surface area contributed by atoms with Gasteiger partial charge in [-0.05, 0) is 18.4 Å². The maximum Gasteiger partial charge on any atom is 0.345 e. The summed E-state index contributed by atoms with van der Waals surface area (Å²) < 4.78 is 0. The fourth-order valence-electron chi connectivity index (χ4n) is 1.08. The van der Waals surface area contributed by atoms with Gasteiger partial charge in [0.25, 0.3) is 0 Å². The van der Waals surface area contributed by atoms with Crippen molar-refractivity contribution in [3.05, 3.63) is 15.8 Å². The molecule has 0 aliphatic rings. The van der Waals surface area contributed by atoms with Crippen LogP contribution in [0.5, 0.6) is 0 Å². The van der Waals surface area contributed by atoms with Crippen LogP contribution in [0, 0.1) is 5.92 Å². The highest BCUT2D eigenvalue weighted by Gasteiger charge is 2.12. The molecule has 0 aromatic carbocycles. The van der Waals surface area contributed by atoms with Gasteiger partial charge in [0, 0.05) is 10.6 Å². The quantitative estimate of drug-likeness (QED) is 0.784. The monoisotopic (exact) mass is 199 g/mol. The van der Waals surface area contributed by atoms with E-state index in [-0.39, 0.29) is 0 Å². The Bertz CT molecular complexity index is 317. The average Bonchev–Trinajstić information content (AvgIpc) is 2.31. The van der Waals surface area contributed by atoms with Gasteiger partial charge >= 0.3 is 5.97 Å². The van der Waals surface area contributed by atoms with Gasteiger partial charge in [0.05, 0.1) is 0 Å². The molecule has 72 valence electrons. The Hall–Kier alpha value is -1.03. The second kappa shape index (κ2) is 3.79. The summed E-state index contributed by atoms with van der Waals surface area (Å²) in [5.74, 6) is -0.394. The molecule has 1 aromatic rings. The molecule has 0 radical (unpaired) electrons. The van der Waals surface area contributed by atoms with Crippen LogP contribution in [0.4, 0.5) is 5.69 Å². The molecule has 1 heterocycles. The van der Waals surface area contributed by atoms with Crippen LogP contribution in [0.2, 0.25) is 0 Å². The third-order valence-corrected chi connectivity index (χ3v) is 2.81. The van der Waals surface area contributed by atoms with Gasteiger partial charge < -0.3 is 10.8 Å². The van der Waals surface area contributed by atoms with E-state index in [0.29, 0.717) is 16.5 Å². The van der Waals surface area contributed by atoms with E-state index in [0.717, 1.165) is 11.3 Å². The maximum atomic E-state index is 10.6. The molecule has 0 aliphatic carbocycles. The van der Waals surface area contributed by atoms with E-state index >= 15 is 0 Å². The molecule has 3 N–H and O–H groups in total. The summed E-state index contributed by atoms with van der Waals surface area (Å²) in [5, 5.41) is 8.71. The SMILES string of the molecule is CC(C)Cc1sc(C(=O)O)cc1N. The molecule has 0 atom stereocenters. The van der Waals surface area contributed by atoms with Crippen LogP contribution >= 0.6 is 11.3 Å². The molecule has 1 rings (SSSR count). The lowest BCUT2D eigenvalue weighted by molar-refractivity contribution is 0.0702. The van der Waals surface area contributed by atoms with Crippen LogP contribution in [0.15, 0.2) is 6.07 Å². The molecular formula is C9H13NO2S. The first kappa shape index (κ1) is 10.1. The largest absolute Gasteiger partial charge is 0.477 e. The van der Waals surface area contributed by atoms with Gasteiger partial charge in [-0.2, -0.15) is 0 Å². The minimum absolute atomic E-state index is 0.327. The number of carbonyl (C=O) groups is 1. The molecule has 0 unspecified atom stereocenters. The first-order valence-electron chi connectivity index (χ1n) is 4.12. The summed E-state index contributed by atoms with van der Waals surface area (Å²) in [7, 11) is 0. The van der Waals surface area contributed by atoms with E-state index in [4.69, 9.17) is 10.8 Å². The second-order valence-electron chi connectivity index (χ2n) is 3.39. The van der Waals surface area contributed by atoms with Gasteiger partial charge in [0.1, 0.15) is 4.88 Å². The zero-order valence-electron chi connectivity index (χ0n) is 7.70. The average molecular weight is 199 g/mol. The minimum Gasteiger partial charge on any atom is -0.477 e. The number of aromatic carboxylic acids is 1. The van der Waals surface area contributed by atoms with Crippen molar-refractivity contribution in [2.75, 3.05) is 5.73 Å². The highest BCUT2D eigenvalue weighted by molar-refractivity contribution is 7.14. The molecule has 3 nitrogen and oxygen atoms in total. The first-order chi connectivity index (χ1) is 6.00. The predicted molar refractivity (Wildman–Crippen MR) is 54.2 cm³/mol. The molecule has 1 aromatic heterocycles. The Morgan fingerprint density at radius 3 is 2.69 bits per heavy atom. The van der Waals surface area contributed by atoms with Crippen LogP contribution in [0.3, 0.4) is 0 Å². The van der Waals surface area contributed by atoms with Crippen LogP contribution in [0.1, 0.15) is 28.4 Å². The summed E-state index contributed by atoms with van der Waals surface area (Å²) in [6, 6.07) is 1.53. The van der Waals surface area contributed by atoms with Crippen molar-refractivity contribution in [1.82, 2.24) is 0 Å². The van der Waals surface area contributed by atoms with Gasteiger partial charge in [-0.25, -0.2) is 4.79 Å². The Labute approximate surface area is 81.2 Å². The van der Waals surface area contributed by atoms with E-state index in [9.17, 15) is 4.79 Å². The number of anilines is 1. The Balaban J connectivity index is 2.90. The Morgan fingerprint density at radius 2 is 2.31 bits per heavy atom. The number of carboxylic acid groups (broad SMARTS) is 1. The number of thiophene rings is 1. The summed E-state index contributed by atoms with van der Waals surface area (Å²) in [5.41, 5.74) is 6.28. The molecular weight excluding hydrogens is 186 g/mol. The van der Waals surface area contributed by atoms with Crippen molar-refractivity contribution >= 4 is 23.0 Å². The number of hydrogen-bond acceptors (Lipinski definition) is 3. The number of nitrogen functional groups attached to an aromatic ring is 1. The van der Waals surface area contributed by atoms with E-state index in [1.165, 1.54) is 17.4 Å².